The first-order valence-corrected chi connectivity index (χ1v) is 21.2. The minimum atomic E-state index is -1.96. The van der Waals surface area contributed by atoms with Crippen LogP contribution in [0.5, 0.6) is 11.5 Å². The molecule has 9 atom stereocenters. The van der Waals surface area contributed by atoms with Crippen molar-refractivity contribution in [2.24, 2.45) is 23.7 Å². The zero-order chi connectivity index (χ0) is 43.4. The third-order valence-electron chi connectivity index (χ3n) is 12.5. The molecule has 0 unspecified atom stereocenters. The van der Waals surface area contributed by atoms with Gasteiger partial charge in [0.15, 0.2) is 0 Å². The standard InChI is InChI=1S/C45H54N4O10S/c1-21-10-9-11-22(2)44(56)48-35-40(54)32-31(34-42(35)60-30-20-27(12-13-28(30)47-34)49-17-15-46-16-18-49)33-41(26(6)39(32)53)59-45(7,43(33)55)58-19-14-29(57-8)23(3)37(51)25(5)38(52)24(4)36(21)50/h9-14,19-21,23-25,29,36-38,46,50-53H,15-18H2,1-8H3,(H,48,56)/b10-9+,19-14+,22-11-/t21-,23+,24+,25-,29-,36-,37+,38+,45-/m0/s1. The fourth-order valence-corrected chi connectivity index (χ4v) is 9.63. The highest BCUT2D eigenvalue weighted by Crippen LogP contribution is 2.51. The summed E-state index contributed by atoms with van der Waals surface area (Å²) in [6, 6.07) is 5.86. The molecule has 14 nitrogen and oxygen atoms in total. The molecule has 1 amide bonds. The van der Waals surface area contributed by atoms with Crippen molar-refractivity contribution in [3.8, 4) is 22.1 Å². The summed E-state index contributed by atoms with van der Waals surface area (Å²) < 4.78 is 18.7. The Morgan fingerprint density at radius 2 is 1.63 bits per heavy atom. The molecule has 4 bridgehead atoms. The number of amides is 1. The average molecular weight is 843 g/mol. The summed E-state index contributed by atoms with van der Waals surface area (Å²) in [5.41, 5.74) is 1.31. The molecule has 320 valence electrons. The highest BCUT2D eigenvalue weighted by atomic mass is 32.1. The van der Waals surface area contributed by atoms with Gasteiger partial charge >= 0.3 is 5.79 Å². The van der Waals surface area contributed by atoms with Crippen LogP contribution in [-0.4, -0.2) is 101 Å². The smallest absolute Gasteiger partial charge is 0.312 e. The van der Waals surface area contributed by atoms with Crippen molar-refractivity contribution in [2.45, 2.75) is 78.7 Å². The second-order valence-corrected chi connectivity index (χ2v) is 17.6. The fraction of sp³-hybridized carbons (Fsp3) is 0.467. The number of phenols is 1. The number of hydrogen-bond donors (Lipinski definition) is 6. The molecule has 2 aromatic carbocycles. The summed E-state index contributed by atoms with van der Waals surface area (Å²) in [4.78, 5) is 50.9. The fourth-order valence-electron chi connectivity index (χ4n) is 8.52. The third kappa shape index (κ3) is 7.56. The number of ether oxygens (including phenoxy) is 3. The second-order valence-electron chi connectivity index (χ2n) is 16.5. The number of aliphatic hydroxyl groups is 3. The zero-order valence-corrected chi connectivity index (χ0v) is 35.9. The molecular formula is C45H54N4O10S. The quantitative estimate of drug-likeness (QED) is 0.113. The van der Waals surface area contributed by atoms with Crippen LogP contribution in [0, 0.1) is 30.6 Å². The van der Waals surface area contributed by atoms with Crippen LogP contribution < -0.4 is 25.7 Å². The summed E-state index contributed by atoms with van der Waals surface area (Å²) in [6.45, 7) is 14.8. The van der Waals surface area contributed by atoms with Gasteiger partial charge in [-0.05, 0) is 38.1 Å². The summed E-state index contributed by atoms with van der Waals surface area (Å²) in [5.74, 6) is -5.95. The lowest BCUT2D eigenvalue weighted by molar-refractivity contribution is -0.112. The number of rotatable bonds is 2. The van der Waals surface area contributed by atoms with Gasteiger partial charge in [-0.3, -0.25) is 14.4 Å². The average Bonchev–Trinajstić information content (AvgIpc) is 3.51. The maximum absolute atomic E-state index is 14.8. The van der Waals surface area contributed by atoms with E-state index < -0.39 is 76.7 Å². The number of piperazine rings is 1. The first-order valence-electron chi connectivity index (χ1n) is 20.4. The molecule has 4 heterocycles. The molecule has 1 fully saturated rings. The van der Waals surface area contributed by atoms with Crippen molar-refractivity contribution >= 4 is 55.4 Å². The number of carbonyl (C=O) groups excluding carboxylic acids is 2. The van der Waals surface area contributed by atoms with Gasteiger partial charge in [-0.25, -0.2) is 4.98 Å². The van der Waals surface area contributed by atoms with Crippen LogP contribution in [0.15, 0.2) is 59.1 Å². The van der Waals surface area contributed by atoms with E-state index in [1.54, 1.807) is 52.8 Å². The van der Waals surface area contributed by atoms with E-state index >= 15 is 0 Å². The van der Waals surface area contributed by atoms with Crippen LogP contribution in [0.4, 0.5) is 11.4 Å². The number of benzene rings is 3. The van der Waals surface area contributed by atoms with Gasteiger partial charge in [0.1, 0.15) is 17.2 Å². The minimum absolute atomic E-state index is 0.00338. The summed E-state index contributed by atoms with van der Waals surface area (Å²) in [5, 5.41) is 51.8. The van der Waals surface area contributed by atoms with Crippen molar-refractivity contribution in [2.75, 3.05) is 43.5 Å². The lowest BCUT2D eigenvalue weighted by atomic mass is 9.78. The Hall–Kier alpha value is -4.90. The van der Waals surface area contributed by atoms with Gasteiger partial charge in [0.2, 0.25) is 5.43 Å². The van der Waals surface area contributed by atoms with E-state index in [-0.39, 0.29) is 44.6 Å². The zero-order valence-electron chi connectivity index (χ0n) is 35.1. The van der Waals surface area contributed by atoms with Crippen molar-refractivity contribution in [3.05, 3.63) is 75.7 Å². The normalized spacial score (nSPS) is 31.5. The predicted octanol–water partition coefficient (Wildman–Crippen LogP) is 5.26. The SMILES string of the molecule is CO[C@H]1/C=C/O[C@@]2(C)Oc3c(C)c(O)c4c(=O)c(c5sc6cc(N7CCNCC7)ccc6nc-5c4c3C2=O)NC(=O)/C(C)=C\C=C\[C@H](C)[C@H](O)[C@@H](C)[C@@H](O)[C@@H](C)[C@H](O)[C@@H]1C. The first kappa shape index (κ1) is 43.2. The lowest BCUT2D eigenvalue weighted by Crippen LogP contribution is -2.44. The molecule has 2 aromatic rings. The molecule has 60 heavy (non-hydrogen) atoms. The van der Waals surface area contributed by atoms with Crippen LogP contribution >= 0.6 is 11.3 Å². The Bertz CT molecular complexity index is 2460. The topological polar surface area (TPSA) is 200 Å². The number of carbonyl (C=O) groups is 2. The molecule has 0 spiro atoms. The number of nitrogens with zero attached hydrogens (tertiary/aromatic N) is 2. The minimum Gasteiger partial charge on any atom is -0.507 e. The lowest BCUT2D eigenvalue weighted by Gasteiger charge is -2.36. The highest BCUT2D eigenvalue weighted by molar-refractivity contribution is 7.22. The van der Waals surface area contributed by atoms with Gasteiger partial charge in [-0.15, -0.1) is 11.3 Å². The van der Waals surface area contributed by atoms with Gasteiger partial charge in [0.25, 0.3) is 11.7 Å². The van der Waals surface area contributed by atoms with Crippen LogP contribution in [0.25, 0.3) is 31.6 Å². The number of fused-ring (bicyclic) bond motifs is 2. The van der Waals surface area contributed by atoms with Gasteiger partial charge in [-0.2, -0.15) is 0 Å². The molecule has 1 saturated heterocycles. The molecule has 6 N–H and O–H groups in total. The monoisotopic (exact) mass is 842 g/mol. The Morgan fingerprint density at radius 1 is 0.950 bits per heavy atom. The van der Waals surface area contributed by atoms with E-state index in [0.717, 1.165) is 36.6 Å². The van der Waals surface area contributed by atoms with E-state index in [1.807, 2.05) is 18.2 Å². The molecule has 7 rings (SSSR count). The summed E-state index contributed by atoms with van der Waals surface area (Å²) in [6.07, 6.45) is 3.77. The number of Topliss-reactive ketones (excluding diaryl/α,β-unsaturated/α-hetero) is 1. The maximum atomic E-state index is 14.8. The predicted molar refractivity (Wildman–Crippen MR) is 232 cm³/mol. The van der Waals surface area contributed by atoms with E-state index in [4.69, 9.17) is 19.2 Å². The van der Waals surface area contributed by atoms with E-state index in [9.17, 15) is 34.8 Å². The van der Waals surface area contributed by atoms with Crippen LogP contribution in [-0.2, 0) is 14.3 Å². The van der Waals surface area contributed by atoms with E-state index in [1.165, 1.54) is 44.6 Å². The highest BCUT2D eigenvalue weighted by Gasteiger charge is 2.50. The Labute approximate surface area is 352 Å². The van der Waals surface area contributed by atoms with Crippen LogP contribution in [0.2, 0.25) is 0 Å². The number of aromatic hydroxyl groups is 1. The van der Waals surface area contributed by atoms with Crippen molar-refractivity contribution in [3.63, 3.8) is 0 Å². The third-order valence-corrected chi connectivity index (χ3v) is 13.7. The molecule has 4 aliphatic heterocycles. The molecule has 0 saturated carbocycles. The molecule has 15 heteroatoms. The number of aliphatic hydroxyl groups excluding tert-OH is 3. The van der Waals surface area contributed by atoms with Crippen molar-refractivity contribution < 1.29 is 44.2 Å². The molecule has 5 aliphatic rings. The first-order chi connectivity index (χ1) is 28.5. The number of phenolic OH excluding ortho intramolecular Hbond substituents is 1. The Morgan fingerprint density at radius 3 is 2.33 bits per heavy atom. The van der Waals surface area contributed by atoms with Gasteiger partial charge in [0.05, 0.1) is 62.4 Å². The van der Waals surface area contributed by atoms with Crippen molar-refractivity contribution in [1.29, 1.82) is 0 Å². The number of ketones is 1. The molecule has 0 aromatic heterocycles. The number of hydrogen-bond acceptors (Lipinski definition) is 14. The maximum Gasteiger partial charge on any atom is 0.312 e. The number of aromatic nitrogens is 1. The molecule has 0 radical (unpaired) electrons. The van der Waals surface area contributed by atoms with Crippen molar-refractivity contribution in [1.82, 2.24) is 10.3 Å². The largest absolute Gasteiger partial charge is 0.507 e. The summed E-state index contributed by atoms with van der Waals surface area (Å²) >= 11 is 1.24. The van der Waals surface area contributed by atoms with E-state index in [2.05, 4.69) is 15.5 Å². The van der Waals surface area contributed by atoms with Gasteiger partial charge < -0.3 is 50.2 Å². The van der Waals surface area contributed by atoms with Gasteiger partial charge in [0, 0.05) is 86.1 Å². The van der Waals surface area contributed by atoms with Gasteiger partial charge in [-0.1, -0.05) is 45.9 Å². The molecular weight excluding hydrogens is 789 g/mol. The number of allylic oxidation sites excluding steroid dienone is 2. The second kappa shape index (κ2) is 16.9. The van der Waals surface area contributed by atoms with Crippen LogP contribution in [0.3, 0.4) is 0 Å². The summed E-state index contributed by atoms with van der Waals surface area (Å²) in [7, 11) is 1.46. The Balaban J connectivity index is 1.44. The number of methoxy groups -OCH3 is 1. The molecule has 1 aliphatic carbocycles. The number of anilines is 2. The number of nitrogens with one attached hydrogen (secondary N) is 2. The van der Waals surface area contributed by atoms with Crippen LogP contribution in [0.1, 0.15) is 57.5 Å². The Kier molecular flexibility index (Phi) is 12.1. The van der Waals surface area contributed by atoms with E-state index in [0.29, 0.717) is 10.4 Å².